The minimum atomic E-state index is -0.677. The number of nitrogens with zero attached hydrogens (tertiary/aromatic N) is 2. The van der Waals surface area contributed by atoms with Crippen molar-refractivity contribution in [1.29, 1.82) is 5.26 Å². The Bertz CT molecular complexity index is 227. The number of nitrogens with one attached hydrogen (secondary N) is 1. The molecular weight excluding hydrogens is 158 g/mol. The van der Waals surface area contributed by atoms with E-state index in [1.807, 2.05) is 6.07 Å². The normalized spacial score (nSPS) is 10.8. The summed E-state index contributed by atoms with van der Waals surface area (Å²) in [6.07, 6.45) is -0.677. The van der Waals surface area contributed by atoms with Crippen molar-refractivity contribution in [2.75, 3.05) is 7.05 Å². The number of hydrogen-bond acceptors (Lipinski definition) is 4. The van der Waals surface area contributed by atoms with Gasteiger partial charge in [0.15, 0.2) is 5.71 Å². The summed E-state index contributed by atoms with van der Waals surface area (Å²) in [7, 11) is 1.42. The zero-order valence-electron chi connectivity index (χ0n) is 7.29. The Labute approximate surface area is 71.0 Å². The molecule has 0 aromatic carbocycles. The van der Waals surface area contributed by atoms with E-state index in [-0.39, 0.29) is 11.6 Å². The molecule has 0 aliphatic carbocycles. The average molecular weight is 169 g/mol. The first kappa shape index (κ1) is 10.4. The lowest BCUT2D eigenvalue weighted by Gasteiger charge is -1.99. The van der Waals surface area contributed by atoms with Crippen LogP contribution in [0.2, 0.25) is 0 Å². The van der Waals surface area contributed by atoms with Gasteiger partial charge in [0.1, 0.15) is 6.07 Å². The zero-order valence-corrected chi connectivity index (χ0v) is 7.29. The van der Waals surface area contributed by atoms with Gasteiger partial charge in [0.05, 0.1) is 0 Å². The second-order valence-electron chi connectivity index (χ2n) is 2.37. The van der Waals surface area contributed by atoms with Crippen LogP contribution in [0.15, 0.2) is 5.16 Å². The highest BCUT2D eigenvalue weighted by molar-refractivity contribution is 5.99. The Morgan fingerprint density at radius 1 is 1.67 bits per heavy atom. The molecule has 0 aromatic rings. The number of hydrogen-bond donors (Lipinski definition) is 1. The predicted molar refractivity (Wildman–Crippen MR) is 43.4 cm³/mol. The average Bonchev–Trinajstić information content (AvgIpc) is 2.04. The Hall–Kier alpha value is -1.57. The van der Waals surface area contributed by atoms with Gasteiger partial charge in [-0.15, -0.1) is 0 Å². The second kappa shape index (κ2) is 5.13. The number of oxime groups is 1. The first-order valence-electron chi connectivity index (χ1n) is 3.48. The highest BCUT2D eigenvalue weighted by Crippen LogP contribution is 1.96. The lowest BCUT2D eigenvalue weighted by atomic mass is 10.1. The summed E-state index contributed by atoms with van der Waals surface area (Å²) in [4.78, 5) is 14.8. The number of nitriles is 1. The minimum absolute atomic E-state index is 0.0420. The topological polar surface area (TPSA) is 74.5 Å². The summed E-state index contributed by atoms with van der Waals surface area (Å²) in [5.74, 6) is -0.0420. The highest BCUT2D eigenvalue weighted by atomic mass is 16.7. The fraction of sp³-hybridized carbons (Fsp3) is 0.571. The van der Waals surface area contributed by atoms with E-state index < -0.39 is 6.09 Å². The van der Waals surface area contributed by atoms with Gasteiger partial charge in [0.25, 0.3) is 0 Å². The number of carbonyl (C=O) groups is 1. The molecule has 0 atom stereocenters. The third-order valence-electron chi connectivity index (χ3n) is 1.09. The fourth-order valence-electron chi connectivity index (χ4n) is 0.391. The van der Waals surface area contributed by atoms with E-state index in [4.69, 9.17) is 5.26 Å². The van der Waals surface area contributed by atoms with Crippen molar-refractivity contribution in [1.82, 2.24) is 5.32 Å². The molecule has 0 heterocycles. The molecule has 66 valence electrons. The van der Waals surface area contributed by atoms with Gasteiger partial charge in [-0.3, -0.25) is 4.84 Å². The first-order chi connectivity index (χ1) is 5.61. The third-order valence-corrected chi connectivity index (χ3v) is 1.09. The highest BCUT2D eigenvalue weighted by Gasteiger charge is 2.05. The Morgan fingerprint density at radius 2 is 2.25 bits per heavy atom. The van der Waals surface area contributed by atoms with Crippen molar-refractivity contribution in [3.8, 4) is 6.07 Å². The van der Waals surface area contributed by atoms with E-state index in [1.54, 1.807) is 13.8 Å². The zero-order chi connectivity index (χ0) is 9.56. The summed E-state index contributed by atoms with van der Waals surface area (Å²) in [6, 6.07) is 1.83. The predicted octanol–water partition coefficient (Wildman–Crippen LogP) is 0.878. The van der Waals surface area contributed by atoms with Crippen LogP contribution in [0.5, 0.6) is 0 Å². The van der Waals surface area contributed by atoms with Gasteiger partial charge in [0.2, 0.25) is 0 Å². The molecule has 0 aliphatic rings. The largest absolute Gasteiger partial charge is 0.433 e. The summed E-state index contributed by atoms with van der Waals surface area (Å²) >= 11 is 0. The molecule has 0 spiro atoms. The minimum Gasteiger partial charge on any atom is -0.323 e. The van der Waals surface area contributed by atoms with Crippen LogP contribution < -0.4 is 5.32 Å². The molecule has 0 saturated heterocycles. The molecule has 0 fully saturated rings. The van der Waals surface area contributed by atoms with Gasteiger partial charge < -0.3 is 5.32 Å². The molecular formula is C7H11N3O2. The van der Waals surface area contributed by atoms with E-state index >= 15 is 0 Å². The molecule has 0 rings (SSSR count). The molecule has 0 unspecified atom stereocenters. The van der Waals surface area contributed by atoms with Crippen LogP contribution in [0.4, 0.5) is 4.79 Å². The van der Waals surface area contributed by atoms with Gasteiger partial charge in [-0.05, 0) is 0 Å². The number of amides is 1. The fourth-order valence-corrected chi connectivity index (χ4v) is 0.391. The van der Waals surface area contributed by atoms with Crippen molar-refractivity contribution in [2.45, 2.75) is 13.8 Å². The summed E-state index contributed by atoms with van der Waals surface area (Å²) in [5, 5.41) is 14.1. The van der Waals surface area contributed by atoms with Gasteiger partial charge in [-0.25, -0.2) is 4.79 Å². The van der Waals surface area contributed by atoms with Crippen molar-refractivity contribution in [2.24, 2.45) is 11.1 Å². The number of carbonyl (C=O) groups excluding carboxylic acids is 1. The van der Waals surface area contributed by atoms with E-state index in [0.717, 1.165) is 0 Å². The maximum absolute atomic E-state index is 10.5. The maximum Gasteiger partial charge on any atom is 0.433 e. The van der Waals surface area contributed by atoms with Crippen LogP contribution >= 0.6 is 0 Å². The lowest BCUT2D eigenvalue weighted by Crippen LogP contribution is -2.18. The van der Waals surface area contributed by atoms with Gasteiger partial charge in [-0.1, -0.05) is 19.0 Å². The van der Waals surface area contributed by atoms with Crippen LogP contribution in [0, 0.1) is 17.2 Å². The number of rotatable bonds is 2. The lowest BCUT2D eigenvalue weighted by molar-refractivity contribution is 0.152. The molecule has 5 nitrogen and oxygen atoms in total. The van der Waals surface area contributed by atoms with Crippen LogP contribution in [-0.2, 0) is 4.84 Å². The van der Waals surface area contributed by atoms with Crippen LogP contribution in [0.25, 0.3) is 0 Å². The molecule has 12 heavy (non-hydrogen) atoms. The van der Waals surface area contributed by atoms with E-state index in [0.29, 0.717) is 0 Å². The smallest absolute Gasteiger partial charge is 0.323 e. The molecule has 0 bridgehead atoms. The van der Waals surface area contributed by atoms with Gasteiger partial charge >= 0.3 is 6.09 Å². The van der Waals surface area contributed by atoms with Crippen molar-refractivity contribution in [3.05, 3.63) is 0 Å². The molecule has 0 radical (unpaired) electrons. The molecule has 5 heteroatoms. The van der Waals surface area contributed by atoms with Crippen LogP contribution in [0.3, 0.4) is 0 Å². The van der Waals surface area contributed by atoms with Crippen LogP contribution in [-0.4, -0.2) is 18.9 Å². The van der Waals surface area contributed by atoms with E-state index in [2.05, 4.69) is 15.3 Å². The molecule has 0 saturated carbocycles. The standard InChI is InChI=1S/C7H11N3O2/c1-5(2)6(4-8)10-12-7(11)9-3/h5H,1-3H3,(H,9,11). The molecule has 1 N–H and O–H groups in total. The summed E-state index contributed by atoms with van der Waals surface area (Å²) in [5.41, 5.74) is 0.193. The quantitative estimate of drug-likeness (QED) is 0.378. The first-order valence-corrected chi connectivity index (χ1v) is 3.48. The van der Waals surface area contributed by atoms with Crippen molar-refractivity contribution in [3.63, 3.8) is 0 Å². The maximum atomic E-state index is 10.5. The third kappa shape index (κ3) is 3.56. The van der Waals surface area contributed by atoms with E-state index in [1.165, 1.54) is 7.05 Å². The van der Waals surface area contributed by atoms with Crippen molar-refractivity contribution >= 4 is 11.8 Å². The second-order valence-corrected chi connectivity index (χ2v) is 2.37. The molecule has 0 aromatic heterocycles. The Morgan fingerprint density at radius 3 is 2.58 bits per heavy atom. The monoisotopic (exact) mass is 169 g/mol. The Kier molecular flexibility index (Phi) is 4.46. The van der Waals surface area contributed by atoms with E-state index in [9.17, 15) is 4.79 Å². The summed E-state index contributed by atoms with van der Waals surface area (Å²) < 4.78 is 0. The molecule has 0 aliphatic heterocycles. The van der Waals surface area contributed by atoms with Gasteiger partial charge in [-0.2, -0.15) is 5.26 Å². The van der Waals surface area contributed by atoms with Gasteiger partial charge in [0, 0.05) is 13.0 Å². The molecule has 1 amide bonds. The Balaban J connectivity index is 4.15. The summed E-state index contributed by atoms with van der Waals surface area (Å²) in [6.45, 7) is 3.57. The van der Waals surface area contributed by atoms with Crippen molar-refractivity contribution < 1.29 is 9.63 Å². The van der Waals surface area contributed by atoms with Crippen LogP contribution in [0.1, 0.15) is 13.8 Å². The SMILES string of the molecule is CNC(=O)ON=C(C#N)C(C)C.